The minimum absolute atomic E-state index is 0.00166. The van der Waals surface area contributed by atoms with Crippen LogP contribution in [0.25, 0.3) is 0 Å². The Morgan fingerprint density at radius 2 is 1.91 bits per heavy atom. The Labute approximate surface area is 197 Å². The van der Waals surface area contributed by atoms with E-state index < -0.39 is 6.23 Å². The smallest absolute Gasteiger partial charge is 0.231 e. The molecule has 33 heavy (non-hydrogen) atoms. The quantitative estimate of drug-likeness (QED) is 0.333. The minimum Gasteiger partial charge on any atom is -0.454 e. The van der Waals surface area contributed by atoms with Gasteiger partial charge in [0.25, 0.3) is 0 Å². The molecule has 1 aromatic carbocycles. The van der Waals surface area contributed by atoms with Crippen molar-refractivity contribution in [3.63, 3.8) is 0 Å². The number of amides is 1. The Balaban J connectivity index is 1.38. The Kier molecular flexibility index (Phi) is 9.23. The number of aliphatic hydroxyl groups is 1. The first-order valence-corrected chi connectivity index (χ1v) is 12.4. The molecule has 0 aliphatic carbocycles. The Hall–Kier alpha value is -2.48. The molecule has 2 heterocycles. The van der Waals surface area contributed by atoms with Gasteiger partial charge in [-0.2, -0.15) is 0 Å². The molecular weight excluding hydrogens is 420 g/mol. The summed E-state index contributed by atoms with van der Waals surface area (Å²) in [6.45, 7) is 5.61. The molecule has 0 aromatic heterocycles. The molecule has 184 valence electrons. The monoisotopic (exact) mass is 460 g/mol. The van der Waals surface area contributed by atoms with Crippen LogP contribution in [0.15, 0.2) is 18.2 Å². The van der Waals surface area contributed by atoms with Gasteiger partial charge in [0.2, 0.25) is 12.7 Å². The highest BCUT2D eigenvalue weighted by Crippen LogP contribution is 2.33. The molecule has 0 bridgehead atoms. The molecule has 0 radical (unpaired) electrons. The van der Waals surface area contributed by atoms with Gasteiger partial charge >= 0.3 is 0 Å². The van der Waals surface area contributed by atoms with Crippen LogP contribution in [0.2, 0.25) is 0 Å². The first kappa shape index (κ1) is 25.1. The standard InChI is InChI=1S/C25H40N4O4/c1-3-5-12-25(13-6-4-2)16-23(31)29(24(26)28-25)14-8-7-9-22(30)27-17-19-10-11-20-21(15-19)33-18-32-20/h10-11,15,23,31H,3-9,12-14,16-18H2,1-2H3,(H2,26,28)(H,27,30). The molecular formula is C25H40N4O4. The number of aliphatic hydroxyl groups excluding tert-OH is 1. The molecule has 1 atom stereocenters. The van der Waals surface area contributed by atoms with Crippen LogP contribution in [0, 0.1) is 5.41 Å². The topological polar surface area (TPSA) is 107 Å². The van der Waals surface area contributed by atoms with Gasteiger partial charge in [0.1, 0.15) is 6.23 Å². The van der Waals surface area contributed by atoms with E-state index in [9.17, 15) is 9.90 Å². The van der Waals surface area contributed by atoms with Gasteiger partial charge in [-0.1, -0.05) is 45.6 Å². The second-order valence-electron chi connectivity index (χ2n) is 9.26. The largest absolute Gasteiger partial charge is 0.454 e. The number of hydrogen-bond donors (Lipinski definition) is 4. The summed E-state index contributed by atoms with van der Waals surface area (Å²) in [5.74, 6) is 1.76. The normalized spacial score (nSPS) is 18.8. The predicted octanol–water partition coefficient (Wildman–Crippen LogP) is 3.87. The van der Waals surface area contributed by atoms with E-state index in [-0.39, 0.29) is 18.2 Å². The lowest BCUT2D eigenvalue weighted by Crippen LogP contribution is -2.64. The molecule has 1 saturated heterocycles. The van der Waals surface area contributed by atoms with Crippen LogP contribution in [-0.2, 0) is 11.3 Å². The van der Waals surface area contributed by atoms with Crippen LogP contribution in [0.4, 0.5) is 0 Å². The van der Waals surface area contributed by atoms with E-state index in [0.29, 0.717) is 44.1 Å². The maximum Gasteiger partial charge on any atom is 0.231 e. The second-order valence-corrected chi connectivity index (χ2v) is 9.26. The fraction of sp³-hybridized carbons (Fsp3) is 0.680. The Morgan fingerprint density at radius 1 is 1.18 bits per heavy atom. The lowest BCUT2D eigenvalue weighted by molar-refractivity contribution is -0.121. The molecule has 8 nitrogen and oxygen atoms in total. The summed E-state index contributed by atoms with van der Waals surface area (Å²) in [6, 6.07) is 5.67. The van der Waals surface area contributed by atoms with Crippen molar-refractivity contribution < 1.29 is 19.4 Å². The molecule has 0 saturated carbocycles. The van der Waals surface area contributed by atoms with Gasteiger partial charge in [-0.15, -0.1) is 0 Å². The molecule has 4 N–H and O–H groups in total. The number of unbranched alkanes of at least 4 members (excludes halogenated alkanes) is 3. The van der Waals surface area contributed by atoms with Gasteiger partial charge in [-0.3, -0.25) is 10.2 Å². The Morgan fingerprint density at radius 3 is 2.61 bits per heavy atom. The van der Waals surface area contributed by atoms with Crippen LogP contribution in [0.1, 0.15) is 83.6 Å². The highest BCUT2D eigenvalue weighted by atomic mass is 16.7. The Bertz CT molecular complexity index is 793. The SMILES string of the molecule is CCCCC1(CCCC)CC(O)N(CCCCC(=O)NCc2ccc3c(c2)OCO3)C(=N)N1. The van der Waals surface area contributed by atoms with Crippen molar-refractivity contribution in [2.24, 2.45) is 0 Å². The first-order chi connectivity index (χ1) is 16.0. The average Bonchev–Trinajstić information content (AvgIpc) is 3.27. The van der Waals surface area contributed by atoms with Crippen LogP contribution >= 0.6 is 0 Å². The molecule has 0 spiro atoms. The maximum absolute atomic E-state index is 12.2. The number of hydrogen-bond acceptors (Lipinski definition) is 5. The third kappa shape index (κ3) is 7.00. The van der Waals surface area contributed by atoms with E-state index in [4.69, 9.17) is 14.9 Å². The van der Waals surface area contributed by atoms with E-state index >= 15 is 0 Å². The summed E-state index contributed by atoms with van der Waals surface area (Å²) in [7, 11) is 0. The van der Waals surface area contributed by atoms with Crippen LogP contribution in [-0.4, -0.2) is 47.0 Å². The summed E-state index contributed by atoms with van der Waals surface area (Å²) < 4.78 is 10.7. The van der Waals surface area contributed by atoms with Crippen molar-refractivity contribution in [3.05, 3.63) is 23.8 Å². The number of guanidine groups is 1. The number of carbonyl (C=O) groups excluding carboxylic acids is 1. The summed E-state index contributed by atoms with van der Waals surface area (Å²) in [5, 5.41) is 25.7. The molecule has 3 rings (SSSR count). The van der Waals surface area contributed by atoms with Crippen molar-refractivity contribution in [1.29, 1.82) is 5.41 Å². The lowest BCUT2D eigenvalue weighted by Gasteiger charge is -2.47. The maximum atomic E-state index is 12.2. The van der Waals surface area contributed by atoms with Crippen molar-refractivity contribution >= 4 is 11.9 Å². The van der Waals surface area contributed by atoms with Gasteiger partial charge in [-0.05, 0) is 43.4 Å². The number of nitrogens with one attached hydrogen (secondary N) is 3. The van der Waals surface area contributed by atoms with Gasteiger partial charge in [0.05, 0.1) is 0 Å². The number of rotatable bonds is 13. The molecule has 8 heteroatoms. The van der Waals surface area contributed by atoms with Crippen molar-refractivity contribution in [2.45, 2.75) is 96.4 Å². The van der Waals surface area contributed by atoms with E-state index in [1.807, 2.05) is 18.2 Å². The van der Waals surface area contributed by atoms with Crippen LogP contribution < -0.4 is 20.1 Å². The van der Waals surface area contributed by atoms with Crippen molar-refractivity contribution in [1.82, 2.24) is 15.5 Å². The fourth-order valence-corrected chi connectivity index (χ4v) is 4.64. The van der Waals surface area contributed by atoms with Gasteiger partial charge < -0.3 is 30.1 Å². The third-order valence-corrected chi connectivity index (χ3v) is 6.60. The zero-order chi connectivity index (χ0) is 23.7. The highest BCUT2D eigenvalue weighted by molar-refractivity contribution is 5.79. The molecule has 1 amide bonds. The number of nitrogens with zero attached hydrogens (tertiary/aromatic N) is 1. The van der Waals surface area contributed by atoms with Crippen LogP contribution in [0.5, 0.6) is 11.5 Å². The van der Waals surface area contributed by atoms with E-state index in [0.717, 1.165) is 56.3 Å². The highest BCUT2D eigenvalue weighted by Gasteiger charge is 2.40. The van der Waals surface area contributed by atoms with Gasteiger partial charge in [0, 0.05) is 31.5 Å². The van der Waals surface area contributed by atoms with Gasteiger partial charge in [-0.25, -0.2) is 0 Å². The number of benzene rings is 1. The molecule has 2 aliphatic rings. The number of ether oxygens (including phenoxy) is 2. The average molecular weight is 461 g/mol. The lowest BCUT2D eigenvalue weighted by atomic mass is 9.82. The molecule has 1 fully saturated rings. The first-order valence-electron chi connectivity index (χ1n) is 12.4. The van der Waals surface area contributed by atoms with E-state index in [1.54, 1.807) is 4.90 Å². The summed E-state index contributed by atoms with van der Waals surface area (Å²) in [5.41, 5.74) is 0.798. The zero-order valence-corrected chi connectivity index (χ0v) is 20.1. The number of carbonyl (C=O) groups is 1. The zero-order valence-electron chi connectivity index (χ0n) is 20.1. The molecule has 1 unspecified atom stereocenters. The molecule has 1 aromatic rings. The van der Waals surface area contributed by atoms with Gasteiger partial charge in [0.15, 0.2) is 17.5 Å². The third-order valence-electron chi connectivity index (χ3n) is 6.60. The van der Waals surface area contributed by atoms with Crippen molar-refractivity contribution in [3.8, 4) is 11.5 Å². The number of fused-ring (bicyclic) bond motifs is 1. The van der Waals surface area contributed by atoms with Crippen LogP contribution in [0.3, 0.4) is 0 Å². The fourth-order valence-electron chi connectivity index (χ4n) is 4.64. The minimum atomic E-state index is -0.646. The summed E-state index contributed by atoms with van der Waals surface area (Å²) in [6.07, 6.45) is 8.26. The van der Waals surface area contributed by atoms with E-state index in [2.05, 4.69) is 24.5 Å². The second kappa shape index (κ2) is 12.1. The van der Waals surface area contributed by atoms with E-state index in [1.165, 1.54) is 0 Å². The molecule has 2 aliphatic heterocycles. The van der Waals surface area contributed by atoms with Crippen molar-refractivity contribution in [2.75, 3.05) is 13.3 Å². The predicted molar refractivity (Wildman–Crippen MR) is 128 cm³/mol. The summed E-state index contributed by atoms with van der Waals surface area (Å²) in [4.78, 5) is 14.0. The summed E-state index contributed by atoms with van der Waals surface area (Å²) >= 11 is 0.